The van der Waals surface area contributed by atoms with Gasteiger partial charge in [-0.1, -0.05) is 25.1 Å². The van der Waals surface area contributed by atoms with E-state index in [1.165, 1.54) is 18.1 Å². The normalized spacial score (nSPS) is 29.7. The van der Waals surface area contributed by atoms with Crippen molar-refractivity contribution in [3.05, 3.63) is 35.5 Å². The molecule has 2 aromatic rings. The summed E-state index contributed by atoms with van der Waals surface area (Å²) in [5, 5.41) is 28.1. The van der Waals surface area contributed by atoms with E-state index in [1.807, 2.05) is 22.8 Å². The van der Waals surface area contributed by atoms with Crippen LogP contribution in [0.4, 0.5) is 0 Å². The molecule has 5 rings (SSSR count). The number of methoxy groups -OCH3 is 1. The van der Waals surface area contributed by atoms with Crippen molar-refractivity contribution in [3.63, 3.8) is 0 Å². The molecule has 1 aromatic heterocycles. The van der Waals surface area contributed by atoms with Crippen LogP contribution in [0.2, 0.25) is 0 Å². The van der Waals surface area contributed by atoms with E-state index in [4.69, 9.17) is 14.9 Å². The summed E-state index contributed by atoms with van der Waals surface area (Å²) in [6.07, 6.45) is 4.52. The third kappa shape index (κ3) is 2.91. The van der Waals surface area contributed by atoms with E-state index in [1.54, 1.807) is 0 Å². The van der Waals surface area contributed by atoms with Gasteiger partial charge in [-0.3, -0.25) is 4.90 Å². The Labute approximate surface area is 176 Å². The number of fused-ring (bicyclic) bond motifs is 3. The minimum absolute atomic E-state index is 0.0826. The number of aromatic nitrogens is 1. The molecule has 3 aliphatic heterocycles. The van der Waals surface area contributed by atoms with Crippen LogP contribution in [0.1, 0.15) is 49.9 Å². The van der Waals surface area contributed by atoms with Crippen molar-refractivity contribution in [2.75, 3.05) is 33.4 Å². The fourth-order valence-electron chi connectivity index (χ4n) is 6.10. The molecule has 0 amide bonds. The van der Waals surface area contributed by atoms with Gasteiger partial charge in [0, 0.05) is 24.0 Å². The maximum atomic E-state index is 12.8. The van der Waals surface area contributed by atoms with Crippen molar-refractivity contribution in [3.8, 4) is 0 Å². The SMILES string of the molecule is CC[C@]12CCCN3CCc4c(n(c5ccccc45)[C@@](O)(C(=O)OC)C1)[C@@H]32.OCCO. The van der Waals surface area contributed by atoms with E-state index in [2.05, 4.69) is 17.9 Å². The molecule has 0 radical (unpaired) electrons. The first kappa shape index (κ1) is 21.3. The summed E-state index contributed by atoms with van der Waals surface area (Å²) in [5.74, 6) is -0.546. The molecule has 3 atom stereocenters. The standard InChI is InChI=1S/C21H26N2O3.C2H6O2/c1-3-20-10-6-11-22-12-9-15-14-7-4-5-8-16(14)23(17(15)18(20)22)21(25,13-20)19(24)26-2;3-1-2-4/h4-5,7-8,18,25H,3,6,9-13H2,1-2H3;3-4H,1-2H2/t18-,20+,21+;/m1./s1. The molecule has 30 heavy (non-hydrogen) atoms. The van der Waals surface area contributed by atoms with Crippen molar-refractivity contribution < 1.29 is 24.9 Å². The maximum Gasteiger partial charge on any atom is 0.359 e. The topological polar surface area (TPSA) is 95.2 Å². The molecule has 0 saturated carbocycles. The molecule has 1 aromatic carbocycles. The van der Waals surface area contributed by atoms with Crippen molar-refractivity contribution >= 4 is 16.9 Å². The highest BCUT2D eigenvalue weighted by molar-refractivity contribution is 5.90. The Morgan fingerprint density at radius 3 is 2.63 bits per heavy atom. The fraction of sp³-hybridized carbons (Fsp3) is 0.609. The summed E-state index contributed by atoms with van der Waals surface area (Å²) in [4.78, 5) is 15.4. The molecule has 4 heterocycles. The van der Waals surface area contributed by atoms with Crippen LogP contribution in [-0.4, -0.2) is 64.2 Å². The van der Waals surface area contributed by atoms with Crippen LogP contribution in [0.15, 0.2) is 24.3 Å². The van der Waals surface area contributed by atoms with Crippen LogP contribution in [-0.2, 0) is 21.7 Å². The van der Waals surface area contributed by atoms with Gasteiger partial charge in [0.2, 0.25) is 5.72 Å². The van der Waals surface area contributed by atoms with Gasteiger partial charge in [-0.15, -0.1) is 0 Å². The van der Waals surface area contributed by atoms with E-state index in [0.717, 1.165) is 50.0 Å². The highest BCUT2D eigenvalue weighted by Gasteiger charge is 2.60. The third-order valence-electron chi connectivity index (χ3n) is 7.28. The Kier molecular flexibility index (Phi) is 5.66. The predicted octanol–water partition coefficient (Wildman–Crippen LogP) is 1.92. The number of nitrogens with zero attached hydrogens (tertiary/aromatic N) is 2. The lowest BCUT2D eigenvalue weighted by atomic mass is 9.62. The molecule has 1 saturated heterocycles. The zero-order chi connectivity index (χ0) is 21.5. The van der Waals surface area contributed by atoms with Crippen LogP contribution in [0, 0.1) is 5.41 Å². The first-order chi connectivity index (χ1) is 14.5. The van der Waals surface area contributed by atoms with Crippen LogP contribution >= 0.6 is 0 Å². The first-order valence-electron chi connectivity index (χ1n) is 10.9. The number of carbonyl (C=O) groups excluding carboxylic acids is 1. The quantitative estimate of drug-likeness (QED) is 0.662. The molecule has 0 unspecified atom stereocenters. The smallest absolute Gasteiger partial charge is 0.359 e. The van der Waals surface area contributed by atoms with E-state index >= 15 is 0 Å². The van der Waals surface area contributed by atoms with Gasteiger partial charge in [-0.25, -0.2) is 4.79 Å². The van der Waals surface area contributed by atoms with Gasteiger partial charge in [-0.2, -0.15) is 0 Å². The Morgan fingerprint density at radius 1 is 1.23 bits per heavy atom. The molecular formula is C23H32N2O5. The molecule has 7 nitrogen and oxygen atoms in total. The van der Waals surface area contributed by atoms with Gasteiger partial charge in [0.15, 0.2) is 0 Å². The number of benzene rings is 1. The lowest BCUT2D eigenvalue weighted by molar-refractivity contribution is -0.194. The first-order valence-corrected chi connectivity index (χ1v) is 10.9. The monoisotopic (exact) mass is 416 g/mol. The van der Waals surface area contributed by atoms with Gasteiger partial charge in [0.1, 0.15) is 0 Å². The van der Waals surface area contributed by atoms with Crippen LogP contribution in [0.3, 0.4) is 0 Å². The van der Waals surface area contributed by atoms with Crippen molar-refractivity contribution in [1.29, 1.82) is 0 Å². The number of piperidine rings is 1. The number of rotatable bonds is 3. The number of hydrogen-bond acceptors (Lipinski definition) is 6. The summed E-state index contributed by atoms with van der Waals surface area (Å²) in [5.41, 5.74) is 1.69. The summed E-state index contributed by atoms with van der Waals surface area (Å²) < 4.78 is 7.01. The van der Waals surface area contributed by atoms with E-state index in [-0.39, 0.29) is 24.7 Å². The lowest BCUT2D eigenvalue weighted by Crippen LogP contribution is -2.60. The second kappa shape index (κ2) is 7.96. The predicted molar refractivity (Wildman–Crippen MR) is 113 cm³/mol. The Morgan fingerprint density at radius 2 is 1.97 bits per heavy atom. The van der Waals surface area contributed by atoms with Crippen molar-refractivity contribution in [2.24, 2.45) is 5.41 Å². The maximum absolute atomic E-state index is 12.8. The number of hydrogen-bond donors (Lipinski definition) is 3. The fourth-order valence-corrected chi connectivity index (χ4v) is 6.10. The number of esters is 1. The van der Waals surface area contributed by atoms with Crippen LogP contribution in [0.5, 0.6) is 0 Å². The summed E-state index contributed by atoms with van der Waals surface area (Å²) >= 11 is 0. The molecular weight excluding hydrogens is 384 g/mol. The van der Waals surface area contributed by atoms with Gasteiger partial charge in [0.05, 0.1) is 31.9 Å². The molecule has 3 N–H and O–H groups in total. The number of para-hydroxylation sites is 1. The molecule has 0 aliphatic carbocycles. The van der Waals surface area contributed by atoms with Gasteiger partial charge in [-0.05, 0) is 49.3 Å². The van der Waals surface area contributed by atoms with Gasteiger partial charge in [0.25, 0.3) is 0 Å². The number of ether oxygens (including phenoxy) is 1. The zero-order valence-corrected chi connectivity index (χ0v) is 17.8. The Bertz CT molecular complexity index is 939. The molecule has 1 fully saturated rings. The van der Waals surface area contributed by atoms with Gasteiger partial charge < -0.3 is 24.6 Å². The van der Waals surface area contributed by atoms with Crippen LogP contribution < -0.4 is 0 Å². The molecule has 7 heteroatoms. The average molecular weight is 417 g/mol. The minimum atomic E-state index is -1.63. The summed E-state index contributed by atoms with van der Waals surface area (Å²) in [6, 6.07) is 8.45. The number of carbonyl (C=O) groups is 1. The van der Waals surface area contributed by atoms with Crippen molar-refractivity contribution in [1.82, 2.24) is 9.47 Å². The van der Waals surface area contributed by atoms with Crippen molar-refractivity contribution in [2.45, 2.75) is 50.8 Å². The van der Waals surface area contributed by atoms with Gasteiger partial charge >= 0.3 is 5.97 Å². The van der Waals surface area contributed by atoms with E-state index < -0.39 is 11.7 Å². The average Bonchev–Trinajstić information content (AvgIpc) is 3.14. The summed E-state index contributed by atoms with van der Waals surface area (Å²) in [6.45, 7) is 4.11. The second-order valence-corrected chi connectivity index (χ2v) is 8.66. The van der Waals surface area contributed by atoms with E-state index in [0.29, 0.717) is 6.42 Å². The zero-order valence-electron chi connectivity index (χ0n) is 17.8. The molecule has 164 valence electrons. The number of aliphatic hydroxyl groups is 3. The second-order valence-electron chi connectivity index (χ2n) is 8.66. The lowest BCUT2D eigenvalue weighted by Gasteiger charge is -2.57. The Hall–Kier alpha value is -1.93. The van der Waals surface area contributed by atoms with E-state index in [9.17, 15) is 9.90 Å². The molecule has 3 aliphatic rings. The Balaban J connectivity index is 0.000000503. The largest absolute Gasteiger partial charge is 0.465 e. The third-order valence-corrected chi connectivity index (χ3v) is 7.28. The number of aliphatic hydroxyl groups excluding tert-OH is 2. The molecule has 0 bridgehead atoms. The van der Waals surface area contributed by atoms with Crippen LogP contribution in [0.25, 0.3) is 10.9 Å². The minimum Gasteiger partial charge on any atom is -0.465 e. The highest BCUT2D eigenvalue weighted by atomic mass is 16.5. The summed E-state index contributed by atoms with van der Waals surface area (Å²) in [7, 11) is 1.37. The highest BCUT2D eigenvalue weighted by Crippen LogP contribution is 2.60. The molecule has 0 spiro atoms.